The summed E-state index contributed by atoms with van der Waals surface area (Å²) in [4.78, 5) is 24.4. The number of aromatic nitrogens is 3. The van der Waals surface area contributed by atoms with E-state index in [1.807, 2.05) is 13.0 Å². The van der Waals surface area contributed by atoms with Crippen LogP contribution in [0.3, 0.4) is 0 Å². The van der Waals surface area contributed by atoms with E-state index in [-0.39, 0.29) is 18.5 Å². The topological polar surface area (TPSA) is 91.3 Å². The van der Waals surface area contributed by atoms with Crippen LogP contribution in [0.2, 0.25) is 0 Å². The third-order valence-electron chi connectivity index (χ3n) is 5.66. The molecule has 0 aliphatic heterocycles. The first-order chi connectivity index (χ1) is 17.2. The number of hydrogen-bond acceptors (Lipinski definition) is 5. The molecule has 4 aromatic rings. The lowest BCUT2D eigenvalue weighted by Gasteiger charge is -2.24. The summed E-state index contributed by atoms with van der Waals surface area (Å²) in [5.74, 6) is -0.00772. The van der Waals surface area contributed by atoms with Gasteiger partial charge in [0.25, 0.3) is 0 Å². The second kappa shape index (κ2) is 10.7. The summed E-state index contributed by atoms with van der Waals surface area (Å²) < 4.78 is 46.5. The molecule has 10 heteroatoms. The molecule has 0 amide bonds. The Morgan fingerprint density at radius 1 is 1.11 bits per heavy atom. The molecular weight excluding hydrogens is 473 g/mol. The van der Waals surface area contributed by atoms with Crippen molar-refractivity contribution in [2.75, 3.05) is 18.1 Å². The van der Waals surface area contributed by atoms with Gasteiger partial charge in [0.15, 0.2) is 0 Å². The minimum atomic E-state index is -4.46. The average molecular weight is 499 g/mol. The van der Waals surface area contributed by atoms with Crippen molar-refractivity contribution in [2.24, 2.45) is 0 Å². The van der Waals surface area contributed by atoms with Crippen LogP contribution in [0.4, 0.5) is 19.1 Å². The molecule has 2 N–H and O–H groups in total. The number of halogens is 3. The van der Waals surface area contributed by atoms with Crippen molar-refractivity contribution in [2.45, 2.75) is 32.5 Å². The van der Waals surface area contributed by atoms with E-state index in [4.69, 9.17) is 9.84 Å². The van der Waals surface area contributed by atoms with Crippen molar-refractivity contribution in [3.63, 3.8) is 0 Å². The zero-order valence-electron chi connectivity index (χ0n) is 19.5. The predicted molar refractivity (Wildman–Crippen MR) is 129 cm³/mol. The van der Waals surface area contributed by atoms with E-state index in [2.05, 4.69) is 15.0 Å². The van der Waals surface area contributed by atoms with Crippen molar-refractivity contribution in [3.05, 3.63) is 83.3 Å². The number of H-pyrrole nitrogens is 1. The number of ether oxygens (including phenoxy) is 1. The number of rotatable bonds is 10. The normalized spacial score (nSPS) is 11.6. The number of carboxylic acids is 1. The molecular formula is C26H25F3N4O3. The molecule has 0 saturated heterocycles. The minimum absolute atomic E-state index is 0.00734. The van der Waals surface area contributed by atoms with Gasteiger partial charge in [-0.05, 0) is 54.3 Å². The highest BCUT2D eigenvalue weighted by atomic mass is 19.4. The van der Waals surface area contributed by atoms with Gasteiger partial charge in [0.2, 0.25) is 5.95 Å². The summed E-state index contributed by atoms with van der Waals surface area (Å²) in [6.07, 6.45) is 0.855. The number of anilines is 1. The number of carbonyl (C=O) groups is 1. The smallest absolute Gasteiger partial charge is 0.416 e. The van der Waals surface area contributed by atoms with E-state index in [0.717, 1.165) is 22.5 Å². The number of aryl methyl sites for hydroxylation is 1. The van der Waals surface area contributed by atoms with Gasteiger partial charge in [-0.2, -0.15) is 13.2 Å². The highest BCUT2D eigenvalue weighted by molar-refractivity contribution is 5.88. The van der Waals surface area contributed by atoms with Crippen LogP contribution in [0.5, 0.6) is 5.75 Å². The van der Waals surface area contributed by atoms with Gasteiger partial charge in [0.1, 0.15) is 5.75 Å². The molecule has 0 fully saturated rings. The molecule has 0 atom stereocenters. The Bertz CT molecular complexity index is 1340. The number of hydrogen-bond donors (Lipinski definition) is 2. The molecule has 7 nitrogen and oxygen atoms in total. The number of aliphatic carboxylic acids is 1. The largest absolute Gasteiger partial charge is 0.494 e. The second-order valence-corrected chi connectivity index (χ2v) is 8.43. The van der Waals surface area contributed by atoms with E-state index < -0.39 is 17.7 Å². The molecule has 2 aromatic carbocycles. The first-order valence-electron chi connectivity index (χ1n) is 11.3. The van der Waals surface area contributed by atoms with E-state index in [1.54, 1.807) is 41.7 Å². The summed E-state index contributed by atoms with van der Waals surface area (Å²) in [7, 11) is 0. The number of alkyl halides is 3. The van der Waals surface area contributed by atoms with Gasteiger partial charge in [0.05, 0.1) is 18.6 Å². The maximum absolute atomic E-state index is 13.5. The Morgan fingerprint density at radius 3 is 2.58 bits per heavy atom. The molecule has 188 valence electrons. The second-order valence-electron chi connectivity index (χ2n) is 8.43. The van der Waals surface area contributed by atoms with Gasteiger partial charge in [-0.3, -0.25) is 4.79 Å². The average Bonchev–Trinajstić information content (AvgIpc) is 3.22. The Hall–Kier alpha value is -4.08. The van der Waals surface area contributed by atoms with Crippen LogP contribution in [0.1, 0.15) is 28.7 Å². The zero-order chi connectivity index (χ0) is 25.7. The molecule has 2 heterocycles. The summed E-state index contributed by atoms with van der Waals surface area (Å²) >= 11 is 0. The van der Waals surface area contributed by atoms with Crippen LogP contribution in [0.15, 0.2) is 61.1 Å². The first kappa shape index (κ1) is 25.0. The van der Waals surface area contributed by atoms with Crippen molar-refractivity contribution in [1.29, 1.82) is 0 Å². The van der Waals surface area contributed by atoms with Gasteiger partial charge >= 0.3 is 12.1 Å². The third-order valence-corrected chi connectivity index (χ3v) is 5.66. The molecule has 36 heavy (non-hydrogen) atoms. The van der Waals surface area contributed by atoms with Crippen LogP contribution in [-0.4, -0.2) is 39.2 Å². The molecule has 0 spiro atoms. The molecule has 0 saturated carbocycles. The summed E-state index contributed by atoms with van der Waals surface area (Å²) in [6.45, 7) is 2.50. The van der Waals surface area contributed by atoms with Crippen LogP contribution < -0.4 is 9.64 Å². The Balaban J connectivity index is 1.45. The Morgan fingerprint density at radius 2 is 1.86 bits per heavy atom. The highest BCUT2D eigenvalue weighted by Crippen LogP contribution is 2.33. The number of nitrogens with zero attached hydrogens (tertiary/aromatic N) is 3. The van der Waals surface area contributed by atoms with E-state index in [9.17, 15) is 18.0 Å². The van der Waals surface area contributed by atoms with Crippen molar-refractivity contribution >= 4 is 22.8 Å². The molecule has 0 radical (unpaired) electrons. The summed E-state index contributed by atoms with van der Waals surface area (Å²) in [5, 5.41) is 9.87. The minimum Gasteiger partial charge on any atom is -0.494 e. The van der Waals surface area contributed by atoms with Crippen LogP contribution in [-0.2, 0) is 23.9 Å². The lowest BCUT2D eigenvalue weighted by molar-refractivity contribution is -0.138. The number of benzene rings is 2. The number of fused-ring (bicyclic) bond motifs is 1. The monoisotopic (exact) mass is 498 g/mol. The van der Waals surface area contributed by atoms with E-state index >= 15 is 0 Å². The highest BCUT2D eigenvalue weighted by Gasteiger charge is 2.33. The molecule has 0 bridgehead atoms. The lowest BCUT2D eigenvalue weighted by Crippen LogP contribution is -2.28. The Labute approximate surface area is 205 Å². The van der Waals surface area contributed by atoms with Gasteiger partial charge in [-0.25, -0.2) is 9.97 Å². The lowest BCUT2D eigenvalue weighted by atomic mass is 10.1. The van der Waals surface area contributed by atoms with Gasteiger partial charge in [-0.15, -0.1) is 0 Å². The van der Waals surface area contributed by atoms with Gasteiger partial charge < -0.3 is 19.7 Å². The fourth-order valence-corrected chi connectivity index (χ4v) is 3.94. The van der Waals surface area contributed by atoms with Crippen molar-refractivity contribution in [1.82, 2.24) is 15.0 Å². The summed E-state index contributed by atoms with van der Waals surface area (Å²) in [5.41, 5.74) is 1.77. The van der Waals surface area contributed by atoms with Gasteiger partial charge in [-0.1, -0.05) is 18.2 Å². The number of aromatic amines is 1. The van der Waals surface area contributed by atoms with Gasteiger partial charge in [0, 0.05) is 42.6 Å². The quantitative estimate of drug-likeness (QED) is 0.285. The SMILES string of the molecule is Cc1cnc(N(CCCOc2ccc3[nH]cc(CC(=O)O)c3c2)Cc2ccccc2C(F)(F)F)nc1. The molecule has 0 unspecified atom stereocenters. The number of carboxylic acid groups (broad SMARTS) is 1. The number of nitrogens with one attached hydrogen (secondary N) is 1. The van der Waals surface area contributed by atoms with Crippen LogP contribution in [0, 0.1) is 6.92 Å². The Kier molecular flexibility index (Phi) is 7.42. The molecule has 2 aromatic heterocycles. The fraction of sp³-hybridized carbons (Fsp3) is 0.269. The van der Waals surface area contributed by atoms with E-state index in [0.29, 0.717) is 36.8 Å². The fourth-order valence-electron chi connectivity index (χ4n) is 3.94. The third kappa shape index (κ3) is 6.12. The first-order valence-corrected chi connectivity index (χ1v) is 11.3. The van der Waals surface area contributed by atoms with Crippen molar-refractivity contribution < 1.29 is 27.8 Å². The van der Waals surface area contributed by atoms with Crippen molar-refractivity contribution in [3.8, 4) is 5.75 Å². The predicted octanol–water partition coefficient (Wildman–Crippen LogP) is 5.39. The molecule has 0 aliphatic carbocycles. The van der Waals surface area contributed by atoms with Crippen LogP contribution >= 0.6 is 0 Å². The summed E-state index contributed by atoms with van der Waals surface area (Å²) in [6, 6.07) is 10.9. The maximum Gasteiger partial charge on any atom is 0.416 e. The standard InChI is InChI=1S/C26H25F3N4O3/c1-17-13-31-25(32-14-17)33(16-18-5-2-3-6-22(18)26(27,28)29)9-4-10-36-20-7-8-23-21(12-20)19(15-30-23)11-24(34)35/h2-3,5-8,12-15,30H,4,9-11,16H2,1H3,(H,34,35). The van der Waals surface area contributed by atoms with E-state index in [1.165, 1.54) is 12.1 Å². The zero-order valence-corrected chi connectivity index (χ0v) is 19.5. The molecule has 4 rings (SSSR count). The molecule has 0 aliphatic rings. The maximum atomic E-state index is 13.5. The van der Waals surface area contributed by atoms with Crippen LogP contribution in [0.25, 0.3) is 10.9 Å².